The molecule has 0 radical (unpaired) electrons. The largest absolute Gasteiger partial charge is 0.390 e. The lowest BCUT2D eigenvalue weighted by Crippen LogP contribution is -2.39. The van der Waals surface area contributed by atoms with Crippen LogP contribution in [0.2, 0.25) is 0 Å². The number of nitrogens with one attached hydrogen (secondary N) is 2. The number of guanidine groups is 1. The molecule has 128 valence electrons. The van der Waals surface area contributed by atoms with Gasteiger partial charge in [-0.05, 0) is 20.3 Å². The van der Waals surface area contributed by atoms with Crippen LogP contribution in [-0.4, -0.2) is 36.8 Å². The quantitative estimate of drug-likeness (QED) is 0.290. The topological polar surface area (TPSA) is 49.3 Å². The second kappa shape index (κ2) is 11.0. The molecule has 0 amide bonds. The number of hydrogen-bond donors (Lipinski definition) is 2. The van der Waals surface area contributed by atoms with E-state index in [4.69, 9.17) is 0 Å². The molecular formula is C13H22F3IN4S. The molecule has 1 rings (SSSR count). The minimum atomic E-state index is -4.15. The first-order valence-electron chi connectivity index (χ1n) is 6.90. The number of nitrogens with zero attached hydrogens (tertiary/aromatic N) is 2. The van der Waals surface area contributed by atoms with Gasteiger partial charge in [0.05, 0.1) is 11.4 Å². The Morgan fingerprint density at radius 2 is 2.09 bits per heavy atom. The van der Waals surface area contributed by atoms with Crippen LogP contribution in [0.3, 0.4) is 0 Å². The van der Waals surface area contributed by atoms with Gasteiger partial charge in [0.1, 0.15) is 0 Å². The fourth-order valence-corrected chi connectivity index (χ4v) is 2.42. The van der Waals surface area contributed by atoms with Gasteiger partial charge in [0.15, 0.2) is 5.96 Å². The van der Waals surface area contributed by atoms with Crippen molar-refractivity contribution in [3.63, 3.8) is 0 Å². The van der Waals surface area contributed by atoms with Gasteiger partial charge in [-0.25, -0.2) is 4.98 Å². The van der Waals surface area contributed by atoms with Gasteiger partial charge in [-0.1, -0.05) is 0 Å². The lowest BCUT2D eigenvalue weighted by Gasteiger charge is -2.12. The van der Waals surface area contributed by atoms with E-state index in [9.17, 15) is 13.2 Å². The molecule has 2 N–H and O–H groups in total. The summed E-state index contributed by atoms with van der Waals surface area (Å²) >= 11 is 1.62. The molecule has 0 saturated carbocycles. The Morgan fingerprint density at radius 3 is 2.64 bits per heavy atom. The summed E-state index contributed by atoms with van der Waals surface area (Å²) in [5.74, 6) is 0.428. The summed E-state index contributed by atoms with van der Waals surface area (Å²) in [6.45, 7) is 4.83. The molecule has 1 heterocycles. The van der Waals surface area contributed by atoms with E-state index in [1.54, 1.807) is 11.3 Å². The summed E-state index contributed by atoms with van der Waals surface area (Å²) in [6, 6.07) is 0. The maximum atomic E-state index is 12.1. The third-order valence-electron chi connectivity index (χ3n) is 2.53. The van der Waals surface area contributed by atoms with E-state index in [0.29, 0.717) is 19.0 Å². The summed E-state index contributed by atoms with van der Waals surface area (Å²) in [7, 11) is 0. The van der Waals surface area contributed by atoms with Crippen molar-refractivity contribution in [3.8, 4) is 0 Å². The zero-order valence-corrected chi connectivity index (χ0v) is 15.8. The highest BCUT2D eigenvalue weighted by Gasteiger charge is 2.26. The standard InChI is InChI=1S/C13H21F3N4S.HI/c1-3-17-12(19-8-6-13(14,15)16)18-7-4-5-11-20-10(2)9-21-11;/h9H,3-8H2,1-2H3,(H2,17,18,19);1H. The highest BCUT2D eigenvalue weighted by molar-refractivity contribution is 14.0. The third-order valence-corrected chi connectivity index (χ3v) is 3.56. The normalized spacial score (nSPS) is 12.0. The first-order chi connectivity index (χ1) is 9.90. The molecule has 0 saturated heterocycles. The molecular weight excluding hydrogens is 428 g/mol. The average Bonchev–Trinajstić information content (AvgIpc) is 2.79. The van der Waals surface area contributed by atoms with Crippen LogP contribution in [0.5, 0.6) is 0 Å². The highest BCUT2D eigenvalue weighted by atomic mass is 127. The molecule has 0 unspecified atom stereocenters. The van der Waals surface area contributed by atoms with Crippen molar-refractivity contribution < 1.29 is 13.2 Å². The van der Waals surface area contributed by atoms with E-state index in [-0.39, 0.29) is 30.5 Å². The minimum Gasteiger partial charge on any atom is -0.357 e. The number of alkyl halides is 3. The smallest absolute Gasteiger partial charge is 0.357 e. The molecule has 22 heavy (non-hydrogen) atoms. The number of thiazole rings is 1. The van der Waals surface area contributed by atoms with Gasteiger partial charge in [-0.3, -0.25) is 4.99 Å². The zero-order valence-electron chi connectivity index (χ0n) is 12.7. The van der Waals surface area contributed by atoms with E-state index >= 15 is 0 Å². The molecule has 0 fully saturated rings. The van der Waals surface area contributed by atoms with Crippen LogP contribution in [0.15, 0.2) is 10.4 Å². The molecule has 0 bridgehead atoms. The first-order valence-corrected chi connectivity index (χ1v) is 7.78. The summed E-state index contributed by atoms with van der Waals surface area (Å²) in [5, 5.41) is 8.68. The van der Waals surface area contributed by atoms with Crippen LogP contribution in [0.25, 0.3) is 0 Å². The number of aliphatic imine (C=N–C) groups is 1. The van der Waals surface area contributed by atoms with E-state index in [1.807, 2.05) is 19.2 Å². The minimum absolute atomic E-state index is 0. The predicted octanol–water partition coefficient (Wildman–Crippen LogP) is 3.51. The van der Waals surface area contributed by atoms with Gasteiger partial charge in [0.25, 0.3) is 0 Å². The molecule has 4 nitrogen and oxygen atoms in total. The van der Waals surface area contributed by atoms with Crippen LogP contribution in [0.1, 0.15) is 30.5 Å². The Kier molecular flexibility index (Phi) is 10.7. The lowest BCUT2D eigenvalue weighted by atomic mass is 10.3. The SMILES string of the molecule is CCNC(=NCCCc1nc(C)cs1)NCCC(F)(F)F.I. The van der Waals surface area contributed by atoms with Crippen LogP contribution < -0.4 is 10.6 Å². The summed E-state index contributed by atoms with van der Waals surface area (Å²) in [6.07, 6.45) is -3.35. The van der Waals surface area contributed by atoms with E-state index in [1.165, 1.54) is 0 Å². The first kappa shape index (κ1) is 21.4. The summed E-state index contributed by atoms with van der Waals surface area (Å²) in [4.78, 5) is 8.61. The Bertz CT molecular complexity index is 449. The third kappa shape index (κ3) is 10.2. The van der Waals surface area contributed by atoms with Crippen molar-refractivity contribution >= 4 is 41.3 Å². The van der Waals surface area contributed by atoms with Crippen LogP contribution in [0, 0.1) is 6.92 Å². The molecule has 0 aromatic carbocycles. The second-order valence-electron chi connectivity index (χ2n) is 4.54. The van der Waals surface area contributed by atoms with Gasteiger partial charge < -0.3 is 10.6 Å². The monoisotopic (exact) mass is 450 g/mol. The van der Waals surface area contributed by atoms with Gasteiger partial charge in [0, 0.05) is 37.1 Å². The molecule has 0 aliphatic rings. The number of hydrogen-bond acceptors (Lipinski definition) is 3. The average molecular weight is 450 g/mol. The van der Waals surface area contributed by atoms with Crippen LogP contribution in [0.4, 0.5) is 13.2 Å². The van der Waals surface area contributed by atoms with Gasteiger partial charge >= 0.3 is 6.18 Å². The van der Waals surface area contributed by atoms with E-state index < -0.39 is 12.6 Å². The van der Waals surface area contributed by atoms with E-state index in [0.717, 1.165) is 23.5 Å². The second-order valence-corrected chi connectivity index (χ2v) is 5.48. The number of halogens is 4. The van der Waals surface area contributed by atoms with Crippen LogP contribution >= 0.6 is 35.3 Å². The number of rotatable bonds is 7. The molecule has 9 heteroatoms. The van der Waals surface area contributed by atoms with Gasteiger partial charge in [-0.15, -0.1) is 35.3 Å². The number of aryl methyl sites for hydroxylation is 2. The maximum Gasteiger partial charge on any atom is 0.390 e. The van der Waals surface area contributed by atoms with Crippen molar-refractivity contribution in [1.29, 1.82) is 0 Å². The molecule has 0 spiro atoms. The Balaban J connectivity index is 0.00000441. The molecule has 0 atom stereocenters. The highest BCUT2D eigenvalue weighted by Crippen LogP contribution is 2.18. The molecule has 1 aromatic heterocycles. The maximum absolute atomic E-state index is 12.1. The fourth-order valence-electron chi connectivity index (χ4n) is 1.60. The van der Waals surface area contributed by atoms with Gasteiger partial charge in [0.2, 0.25) is 0 Å². The van der Waals surface area contributed by atoms with Crippen molar-refractivity contribution in [1.82, 2.24) is 15.6 Å². The fraction of sp³-hybridized carbons (Fsp3) is 0.692. The lowest BCUT2D eigenvalue weighted by molar-refractivity contribution is -0.132. The molecule has 0 aliphatic carbocycles. The summed E-state index contributed by atoms with van der Waals surface area (Å²) < 4.78 is 36.2. The van der Waals surface area contributed by atoms with Crippen molar-refractivity contribution in [2.24, 2.45) is 4.99 Å². The van der Waals surface area contributed by atoms with E-state index in [2.05, 4.69) is 20.6 Å². The van der Waals surface area contributed by atoms with Gasteiger partial charge in [-0.2, -0.15) is 13.2 Å². The zero-order chi connectivity index (χ0) is 15.7. The Labute approximate surface area is 150 Å². The number of aromatic nitrogens is 1. The predicted molar refractivity (Wildman–Crippen MR) is 95.2 cm³/mol. The van der Waals surface area contributed by atoms with Crippen molar-refractivity contribution in [3.05, 3.63) is 16.1 Å². The Hall–Kier alpha value is -0.580. The summed E-state index contributed by atoms with van der Waals surface area (Å²) in [5.41, 5.74) is 1.01. The van der Waals surface area contributed by atoms with Crippen molar-refractivity contribution in [2.45, 2.75) is 39.3 Å². The Morgan fingerprint density at radius 1 is 1.36 bits per heavy atom. The molecule has 1 aromatic rings. The molecule has 0 aliphatic heterocycles. The van der Waals surface area contributed by atoms with Crippen molar-refractivity contribution in [2.75, 3.05) is 19.6 Å². The van der Waals surface area contributed by atoms with Crippen LogP contribution in [-0.2, 0) is 6.42 Å².